The van der Waals surface area contributed by atoms with Crippen molar-refractivity contribution in [1.82, 2.24) is 28.9 Å². The Kier molecular flexibility index (Phi) is 12.6. The van der Waals surface area contributed by atoms with Crippen LogP contribution in [0.1, 0.15) is 117 Å². The van der Waals surface area contributed by atoms with Crippen LogP contribution in [0.25, 0.3) is 21.8 Å². The van der Waals surface area contributed by atoms with Gasteiger partial charge in [-0.05, 0) is 102 Å². The van der Waals surface area contributed by atoms with Crippen LogP contribution in [0, 0.1) is 11.8 Å². The summed E-state index contributed by atoms with van der Waals surface area (Å²) in [6.45, 7) is 19.0. The summed E-state index contributed by atoms with van der Waals surface area (Å²) < 4.78 is 3.78. The van der Waals surface area contributed by atoms with Gasteiger partial charge in [0.2, 0.25) is 0 Å². The third-order valence-electron chi connectivity index (χ3n) is 10.4. The van der Waals surface area contributed by atoms with Crippen molar-refractivity contribution in [3.05, 3.63) is 80.9 Å². The number of para-hydroxylation sites is 2. The van der Waals surface area contributed by atoms with Crippen molar-refractivity contribution in [3.8, 4) is 0 Å². The number of hydrogen-bond acceptors (Lipinski definition) is 6. The number of rotatable bonds is 10. The zero-order valence-electron chi connectivity index (χ0n) is 30.3. The number of benzene rings is 2. The molecule has 4 atom stereocenters. The van der Waals surface area contributed by atoms with E-state index in [1.165, 1.54) is 25.7 Å². The molecule has 2 aromatic carbocycles. The van der Waals surface area contributed by atoms with Gasteiger partial charge in [0.1, 0.15) is 11.6 Å². The van der Waals surface area contributed by atoms with Crippen molar-refractivity contribution in [3.63, 3.8) is 0 Å². The molecule has 0 radical (unpaired) electrons. The van der Waals surface area contributed by atoms with E-state index in [-0.39, 0.29) is 23.2 Å². The summed E-state index contributed by atoms with van der Waals surface area (Å²) in [5.74, 6) is 3.36. The summed E-state index contributed by atoms with van der Waals surface area (Å²) in [5, 5.41) is 1.45. The highest BCUT2D eigenvalue weighted by Gasteiger charge is 2.29. The minimum atomic E-state index is 0.101. The quantitative estimate of drug-likeness (QED) is 0.173. The molecule has 2 aromatic heterocycles. The lowest BCUT2D eigenvalue weighted by molar-refractivity contribution is 0.115. The molecular weight excluding hydrogens is 596 g/mol. The largest absolute Gasteiger partial charge is 0.295 e. The minimum absolute atomic E-state index is 0.101. The van der Waals surface area contributed by atoms with Gasteiger partial charge in [0.15, 0.2) is 0 Å². The molecule has 4 heterocycles. The van der Waals surface area contributed by atoms with Crippen LogP contribution in [0.4, 0.5) is 0 Å². The fourth-order valence-corrected chi connectivity index (χ4v) is 8.00. The van der Waals surface area contributed by atoms with Gasteiger partial charge in [0, 0.05) is 26.2 Å². The van der Waals surface area contributed by atoms with Gasteiger partial charge in [-0.1, -0.05) is 64.8 Å². The number of piperidine rings is 2. The van der Waals surface area contributed by atoms with Crippen LogP contribution in [-0.4, -0.2) is 55.1 Å². The van der Waals surface area contributed by atoms with Gasteiger partial charge in [0.25, 0.3) is 11.1 Å². The topological polar surface area (TPSA) is 76.3 Å². The van der Waals surface area contributed by atoms with Gasteiger partial charge in [-0.3, -0.25) is 28.5 Å². The van der Waals surface area contributed by atoms with Crippen LogP contribution in [-0.2, 0) is 13.1 Å². The maximum Gasteiger partial charge on any atom is 0.261 e. The number of aromatic nitrogens is 4. The molecule has 0 amide bonds. The van der Waals surface area contributed by atoms with Crippen molar-refractivity contribution < 1.29 is 0 Å². The Hall–Kier alpha value is -3.36. The van der Waals surface area contributed by atoms with Gasteiger partial charge < -0.3 is 0 Å². The molecule has 0 aliphatic carbocycles. The molecular formula is C40H58N6O2. The van der Waals surface area contributed by atoms with Crippen molar-refractivity contribution in [2.24, 2.45) is 11.8 Å². The molecule has 2 aliphatic heterocycles. The van der Waals surface area contributed by atoms with Crippen molar-refractivity contribution >= 4 is 21.8 Å². The lowest BCUT2D eigenvalue weighted by Gasteiger charge is -2.37. The molecule has 2 aliphatic rings. The molecule has 8 nitrogen and oxygen atoms in total. The molecule has 0 saturated carbocycles. The van der Waals surface area contributed by atoms with Crippen LogP contribution in [0.5, 0.6) is 0 Å². The highest BCUT2D eigenvalue weighted by molar-refractivity contribution is 5.78. The van der Waals surface area contributed by atoms with Crippen molar-refractivity contribution in [1.29, 1.82) is 0 Å². The first-order chi connectivity index (χ1) is 23.3. The zero-order valence-corrected chi connectivity index (χ0v) is 30.3. The standard InChI is InChI=1S/2C20H29N3O/c2*1-4-9-18(22-13-8-10-15(3)14-22)19-21-17-12-7-6-11-16(17)20(24)23(19)5-2/h2*6-7,11-12,15,18H,4-5,8-10,13-14H2,1-3H3/t15-,18+;15-,18-/m11/s1. The highest BCUT2D eigenvalue weighted by atomic mass is 16.1. The van der Waals surface area contributed by atoms with Gasteiger partial charge in [0.05, 0.1) is 33.9 Å². The zero-order chi connectivity index (χ0) is 34.2. The summed E-state index contributed by atoms with van der Waals surface area (Å²) in [4.78, 5) is 40.9. The number of hydrogen-bond donors (Lipinski definition) is 0. The fourth-order valence-electron chi connectivity index (χ4n) is 8.00. The Morgan fingerprint density at radius 1 is 0.646 bits per heavy atom. The van der Waals surface area contributed by atoms with Crippen LogP contribution >= 0.6 is 0 Å². The van der Waals surface area contributed by atoms with Gasteiger partial charge in [-0.15, -0.1) is 0 Å². The predicted octanol–water partition coefficient (Wildman–Crippen LogP) is 7.98. The molecule has 0 bridgehead atoms. The second kappa shape index (κ2) is 16.8. The molecule has 260 valence electrons. The van der Waals surface area contributed by atoms with Crippen LogP contribution in [0.3, 0.4) is 0 Å². The van der Waals surface area contributed by atoms with Gasteiger partial charge in [-0.25, -0.2) is 9.97 Å². The Morgan fingerprint density at radius 3 is 1.40 bits per heavy atom. The Morgan fingerprint density at radius 2 is 1.04 bits per heavy atom. The summed E-state index contributed by atoms with van der Waals surface area (Å²) in [6.07, 6.45) is 9.40. The molecule has 6 rings (SSSR count). The predicted molar refractivity (Wildman–Crippen MR) is 199 cm³/mol. The Bertz CT molecular complexity index is 1630. The van der Waals surface area contributed by atoms with Crippen LogP contribution in [0.15, 0.2) is 58.1 Å². The smallest absolute Gasteiger partial charge is 0.261 e. The van der Waals surface area contributed by atoms with E-state index in [2.05, 4.69) is 37.5 Å². The van der Waals surface area contributed by atoms with E-state index < -0.39 is 0 Å². The lowest BCUT2D eigenvalue weighted by atomic mass is 9.97. The maximum atomic E-state index is 12.9. The maximum absolute atomic E-state index is 12.9. The van der Waals surface area contributed by atoms with Crippen molar-refractivity contribution in [2.75, 3.05) is 26.2 Å². The fraction of sp³-hybridized carbons (Fsp3) is 0.600. The van der Waals surface area contributed by atoms with Crippen LogP contribution in [0.2, 0.25) is 0 Å². The van der Waals surface area contributed by atoms with Crippen LogP contribution < -0.4 is 11.1 Å². The lowest BCUT2D eigenvalue weighted by Crippen LogP contribution is -2.40. The van der Waals surface area contributed by atoms with E-state index in [9.17, 15) is 9.59 Å². The summed E-state index contributed by atoms with van der Waals surface area (Å²) >= 11 is 0. The monoisotopic (exact) mass is 654 g/mol. The summed E-state index contributed by atoms with van der Waals surface area (Å²) in [6, 6.07) is 16.0. The van der Waals surface area contributed by atoms with E-state index in [1.54, 1.807) is 0 Å². The Balaban J connectivity index is 0.000000188. The molecule has 48 heavy (non-hydrogen) atoms. The Labute approximate surface area is 287 Å². The second-order valence-corrected chi connectivity index (χ2v) is 14.2. The molecule has 0 spiro atoms. The molecule has 2 saturated heterocycles. The molecule has 2 fully saturated rings. The first-order valence-corrected chi connectivity index (χ1v) is 18.8. The van der Waals surface area contributed by atoms with E-state index in [0.29, 0.717) is 13.1 Å². The van der Waals surface area contributed by atoms with E-state index in [4.69, 9.17) is 9.97 Å². The normalized spacial score (nSPS) is 20.4. The second-order valence-electron chi connectivity index (χ2n) is 14.2. The third-order valence-corrected chi connectivity index (χ3v) is 10.4. The molecule has 0 N–H and O–H groups in total. The van der Waals surface area contributed by atoms with Gasteiger partial charge >= 0.3 is 0 Å². The number of nitrogens with zero attached hydrogens (tertiary/aromatic N) is 6. The SMILES string of the molecule is CCC[C@@H](c1nc2ccccc2c(=O)n1CC)N1CCC[C@@H](C)C1.CCC[C@H](c1nc2ccccc2c(=O)n1CC)N1CCC[C@@H](C)C1. The first kappa shape index (κ1) is 35.9. The van der Waals surface area contributed by atoms with E-state index in [1.807, 2.05) is 71.5 Å². The minimum Gasteiger partial charge on any atom is -0.295 e. The molecule has 0 unspecified atom stereocenters. The molecule has 4 aromatic rings. The van der Waals surface area contributed by atoms with Gasteiger partial charge in [-0.2, -0.15) is 0 Å². The average Bonchev–Trinajstić information content (AvgIpc) is 3.10. The third kappa shape index (κ3) is 7.92. The van der Waals surface area contributed by atoms with Crippen molar-refractivity contribution in [2.45, 2.75) is 118 Å². The molecule has 8 heteroatoms. The first-order valence-electron chi connectivity index (χ1n) is 18.8. The van der Waals surface area contributed by atoms with E-state index >= 15 is 0 Å². The number of fused-ring (bicyclic) bond motifs is 2. The average molecular weight is 655 g/mol. The summed E-state index contributed by atoms with van der Waals surface area (Å²) in [5.41, 5.74) is 1.86. The summed E-state index contributed by atoms with van der Waals surface area (Å²) in [7, 11) is 0. The number of likely N-dealkylation sites (tertiary alicyclic amines) is 2. The van der Waals surface area contributed by atoms with E-state index in [0.717, 1.165) is 97.2 Å². The highest BCUT2D eigenvalue weighted by Crippen LogP contribution is 2.31.